The monoisotopic (exact) mass is 189 g/mol. The van der Waals surface area contributed by atoms with Crippen LogP contribution in [-0.2, 0) is 0 Å². The molecule has 1 heterocycles. The summed E-state index contributed by atoms with van der Waals surface area (Å²) in [6, 6.07) is 8.76. The Morgan fingerprint density at radius 3 is 3.07 bits per heavy atom. The van der Waals surface area contributed by atoms with Gasteiger partial charge in [0.25, 0.3) is 0 Å². The van der Waals surface area contributed by atoms with Gasteiger partial charge in [-0.2, -0.15) is 0 Å². The molecule has 2 rings (SSSR count). The van der Waals surface area contributed by atoms with Crippen LogP contribution < -0.4 is 5.32 Å². The molecule has 1 heteroatoms. The molecule has 1 aromatic carbocycles. The highest BCUT2D eigenvalue weighted by molar-refractivity contribution is 5.54. The van der Waals surface area contributed by atoms with Crippen molar-refractivity contribution in [3.8, 4) is 0 Å². The number of nitrogens with one attached hydrogen (secondary N) is 1. The van der Waals surface area contributed by atoms with Gasteiger partial charge in [0.1, 0.15) is 0 Å². The summed E-state index contributed by atoms with van der Waals surface area (Å²) in [7, 11) is 0. The van der Waals surface area contributed by atoms with Crippen molar-refractivity contribution in [2.45, 2.75) is 38.5 Å². The zero-order valence-corrected chi connectivity index (χ0v) is 8.92. The first kappa shape index (κ1) is 9.57. The maximum atomic E-state index is 3.47. The molecule has 1 N–H and O–H groups in total. The fraction of sp³-hybridized carbons (Fsp3) is 0.538. The molecule has 1 aliphatic rings. The Balaban J connectivity index is 2.14. The first-order chi connectivity index (χ1) is 6.92. The Hall–Kier alpha value is -0.980. The van der Waals surface area contributed by atoms with Crippen LogP contribution in [0.15, 0.2) is 24.3 Å². The van der Waals surface area contributed by atoms with Crippen LogP contribution in [0.5, 0.6) is 0 Å². The van der Waals surface area contributed by atoms with E-state index >= 15 is 0 Å². The second-order valence-electron chi connectivity index (χ2n) is 4.14. The van der Waals surface area contributed by atoms with E-state index in [0.717, 1.165) is 12.5 Å². The molecular weight excluding hydrogens is 170 g/mol. The molecule has 1 unspecified atom stereocenters. The van der Waals surface area contributed by atoms with Crippen LogP contribution in [0.1, 0.15) is 44.1 Å². The van der Waals surface area contributed by atoms with Crippen LogP contribution >= 0.6 is 0 Å². The highest BCUT2D eigenvalue weighted by Gasteiger charge is 2.18. The normalized spacial score (nSPS) is 19.9. The molecular formula is C13H19N. The lowest BCUT2D eigenvalue weighted by Gasteiger charge is -2.26. The zero-order chi connectivity index (χ0) is 9.80. The molecule has 14 heavy (non-hydrogen) atoms. The molecule has 1 aliphatic heterocycles. The Morgan fingerprint density at radius 1 is 1.36 bits per heavy atom. The largest absolute Gasteiger partial charge is 0.385 e. The topological polar surface area (TPSA) is 12.0 Å². The Kier molecular flexibility index (Phi) is 3.07. The summed E-state index contributed by atoms with van der Waals surface area (Å²) in [5.74, 6) is 0.799. The summed E-state index contributed by atoms with van der Waals surface area (Å²) in [5, 5.41) is 3.47. The molecule has 0 aliphatic carbocycles. The van der Waals surface area contributed by atoms with Crippen molar-refractivity contribution in [2.75, 3.05) is 11.9 Å². The Morgan fingerprint density at radius 2 is 2.21 bits per heavy atom. The molecule has 0 saturated heterocycles. The van der Waals surface area contributed by atoms with Gasteiger partial charge in [-0.3, -0.25) is 0 Å². The van der Waals surface area contributed by atoms with Crippen LogP contribution in [0.25, 0.3) is 0 Å². The predicted molar refractivity (Wildman–Crippen MR) is 61.8 cm³/mol. The lowest BCUT2D eigenvalue weighted by molar-refractivity contribution is 0.549. The van der Waals surface area contributed by atoms with Gasteiger partial charge in [-0.15, -0.1) is 0 Å². The van der Waals surface area contributed by atoms with Gasteiger partial charge in [-0.05, 0) is 30.4 Å². The first-order valence-corrected chi connectivity index (χ1v) is 5.74. The zero-order valence-electron chi connectivity index (χ0n) is 8.92. The van der Waals surface area contributed by atoms with E-state index in [2.05, 4.69) is 36.5 Å². The SMILES string of the molecule is CCCCC1CCNc2ccccc21. The highest BCUT2D eigenvalue weighted by Crippen LogP contribution is 2.34. The minimum atomic E-state index is 0.799. The predicted octanol–water partition coefficient (Wildman–Crippen LogP) is 3.78. The van der Waals surface area contributed by atoms with Gasteiger partial charge >= 0.3 is 0 Å². The number of hydrogen-bond donors (Lipinski definition) is 1. The third kappa shape index (κ3) is 1.92. The van der Waals surface area contributed by atoms with Gasteiger partial charge in [0.2, 0.25) is 0 Å². The molecule has 76 valence electrons. The van der Waals surface area contributed by atoms with E-state index in [1.54, 1.807) is 0 Å². The van der Waals surface area contributed by atoms with E-state index in [0.29, 0.717) is 0 Å². The molecule has 0 aromatic heterocycles. The summed E-state index contributed by atoms with van der Waals surface area (Å²) in [5.41, 5.74) is 2.90. The van der Waals surface area contributed by atoms with Gasteiger partial charge in [-0.1, -0.05) is 38.0 Å². The van der Waals surface area contributed by atoms with Crippen molar-refractivity contribution in [3.05, 3.63) is 29.8 Å². The van der Waals surface area contributed by atoms with Crippen LogP contribution in [0.2, 0.25) is 0 Å². The molecule has 1 nitrogen and oxygen atoms in total. The number of benzene rings is 1. The summed E-state index contributed by atoms with van der Waals surface area (Å²) >= 11 is 0. The fourth-order valence-electron chi connectivity index (χ4n) is 2.30. The second kappa shape index (κ2) is 4.50. The van der Waals surface area contributed by atoms with Gasteiger partial charge < -0.3 is 5.32 Å². The Labute approximate surface area is 86.5 Å². The number of para-hydroxylation sites is 1. The average Bonchev–Trinajstić information content (AvgIpc) is 2.26. The number of unbranched alkanes of at least 4 members (excludes halogenated alkanes) is 1. The summed E-state index contributed by atoms with van der Waals surface area (Å²) in [4.78, 5) is 0. The smallest absolute Gasteiger partial charge is 0.0375 e. The van der Waals surface area contributed by atoms with Gasteiger partial charge in [-0.25, -0.2) is 0 Å². The van der Waals surface area contributed by atoms with E-state index in [-0.39, 0.29) is 0 Å². The highest BCUT2D eigenvalue weighted by atomic mass is 14.9. The van der Waals surface area contributed by atoms with Crippen molar-refractivity contribution in [1.29, 1.82) is 0 Å². The standard InChI is InChI=1S/C13H19N/c1-2-3-6-11-9-10-14-13-8-5-4-7-12(11)13/h4-5,7-8,11,14H,2-3,6,9-10H2,1H3. The third-order valence-corrected chi connectivity index (χ3v) is 3.12. The maximum Gasteiger partial charge on any atom is 0.0375 e. The van der Waals surface area contributed by atoms with Gasteiger partial charge in [0.15, 0.2) is 0 Å². The fourth-order valence-corrected chi connectivity index (χ4v) is 2.30. The van der Waals surface area contributed by atoms with Crippen LogP contribution in [0.3, 0.4) is 0 Å². The molecule has 0 fully saturated rings. The van der Waals surface area contributed by atoms with Gasteiger partial charge in [0.05, 0.1) is 0 Å². The van der Waals surface area contributed by atoms with Gasteiger partial charge in [0, 0.05) is 12.2 Å². The van der Waals surface area contributed by atoms with E-state index < -0.39 is 0 Å². The van der Waals surface area contributed by atoms with E-state index in [4.69, 9.17) is 0 Å². The molecule has 0 radical (unpaired) electrons. The van der Waals surface area contributed by atoms with E-state index in [1.807, 2.05) is 0 Å². The van der Waals surface area contributed by atoms with Crippen LogP contribution in [0, 0.1) is 0 Å². The first-order valence-electron chi connectivity index (χ1n) is 5.74. The van der Waals surface area contributed by atoms with Crippen molar-refractivity contribution < 1.29 is 0 Å². The minimum absolute atomic E-state index is 0.799. The lowest BCUT2D eigenvalue weighted by Crippen LogP contribution is -2.16. The van der Waals surface area contributed by atoms with Crippen LogP contribution in [0.4, 0.5) is 5.69 Å². The quantitative estimate of drug-likeness (QED) is 0.763. The molecule has 0 bridgehead atoms. The molecule has 0 spiro atoms. The number of rotatable bonds is 3. The molecule has 0 saturated carbocycles. The minimum Gasteiger partial charge on any atom is -0.385 e. The molecule has 1 atom stereocenters. The van der Waals surface area contributed by atoms with E-state index in [9.17, 15) is 0 Å². The van der Waals surface area contributed by atoms with E-state index in [1.165, 1.54) is 36.9 Å². The van der Waals surface area contributed by atoms with Crippen LogP contribution in [-0.4, -0.2) is 6.54 Å². The third-order valence-electron chi connectivity index (χ3n) is 3.12. The molecule has 0 amide bonds. The summed E-state index contributed by atoms with van der Waals surface area (Å²) in [6.07, 6.45) is 5.33. The van der Waals surface area contributed by atoms with Crippen molar-refractivity contribution >= 4 is 5.69 Å². The number of fused-ring (bicyclic) bond motifs is 1. The number of anilines is 1. The molecule has 1 aromatic rings. The number of hydrogen-bond acceptors (Lipinski definition) is 1. The van der Waals surface area contributed by atoms with Crippen molar-refractivity contribution in [3.63, 3.8) is 0 Å². The Bertz CT molecular complexity index is 293. The second-order valence-corrected chi connectivity index (χ2v) is 4.14. The lowest BCUT2D eigenvalue weighted by atomic mass is 9.87. The summed E-state index contributed by atoms with van der Waals surface area (Å²) < 4.78 is 0. The van der Waals surface area contributed by atoms with Crippen molar-refractivity contribution in [1.82, 2.24) is 0 Å². The average molecular weight is 189 g/mol. The maximum absolute atomic E-state index is 3.47. The summed E-state index contributed by atoms with van der Waals surface area (Å²) in [6.45, 7) is 3.42. The van der Waals surface area contributed by atoms with Crippen molar-refractivity contribution in [2.24, 2.45) is 0 Å².